The fraction of sp³-hybridized carbons (Fsp3) is 0.182. The van der Waals surface area contributed by atoms with Gasteiger partial charge in [-0.15, -0.1) is 0 Å². The predicted molar refractivity (Wildman–Crippen MR) is 62.2 cm³/mol. The summed E-state index contributed by atoms with van der Waals surface area (Å²) in [5.41, 5.74) is -0.139. The third kappa shape index (κ3) is 4.62. The highest BCUT2D eigenvalue weighted by Crippen LogP contribution is 2.12. The minimum absolute atomic E-state index is 0.139. The summed E-state index contributed by atoms with van der Waals surface area (Å²) in [5, 5.41) is 21.2. The van der Waals surface area contributed by atoms with Crippen molar-refractivity contribution in [3.8, 4) is 0 Å². The molecule has 1 atom stereocenters. The fourth-order valence-electron chi connectivity index (χ4n) is 1.25. The summed E-state index contributed by atoms with van der Waals surface area (Å²) >= 11 is 0. The quantitative estimate of drug-likeness (QED) is 0.633. The van der Waals surface area contributed by atoms with Gasteiger partial charge in [-0.3, -0.25) is 4.79 Å². The first-order valence-electron chi connectivity index (χ1n) is 5.17. The number of rotatable bonds is 5. The average Bonchev–Trinajstić information content (AvgIpc) is 2.30. The number of hydrogen-bond donors (Lipinski definition) is 4. The second kappa shape index (κ2) is 6.34. The molecule has 102 valence electrons. The number of anilines is 1. The number of amides is 2. The normalized spacial score (nSPS) is 11.4. The lowest BCUT2D eigenvalue weighted by atomic mass is 10.2. The summed E-state index contributed by atoms with van der Waals surface area (Å²) in [7, 11) is 0. The molecule has 2 amide bonds. The molecule has 8 heteroatoms. The van der Waals surface area contributed by atoms with E-state index >= 15 is 0 Å². The topological polar surface area (TPSA) is 116 Å². The minimum atomic E-state index is -1.59. The second-order valence-corrected chi connectivity index (χ2v) is 3.57. The van der Waals surface area contributed by atoms with Crippen LogP contribution >= 0.6 is 0 Å². The lowest BCUT2D eigenvalue weighted by molar-refractivity contribution is -0.145. The van der Waals surface area contributed by atoms with Crippen LogP contribution in [0.5, 0.6) is 0 Å². The van der Waals surface area contributed by atoms with Gasteiger partial charge in [-0.1, -0.05) is 12.1 Å². The molecule has 0 spiro atoms. The Hall–Kier alpha value is -2.64. The van der Waals surface area contributed by atoms with E-state index in [4.69, 9.17) is 10.2 Å². The van der Waals surface area contributed by atoms with Crippen molar-refractivity contribution in [3.63, 3.8) is 0 Å². The Bertz CT molecular complexity index is 506. The van der Waals surface area contributed by atoms with Gasteiger partial charge >= 0.3 is 18.0 Å². The maximum atomic E-state index is 13.2. The van der Waals surface area contributed by atoms with Crippen LogP contribution in [0, 0.1) is 5.82 Å². The second-order valence-electron chi connectivity index (χ2n) is 3.57. The molecule has 4 N–H and O–H groups in total. The number of hydrogen-bond acceptors (Lipinski definition) is 3. The first kappa shape index (κ1) is 14.4. The van der Waals surface area contributed by atoms with Gasteiger partial charge in [0.1, 0.15) is 11.9 Å². The highest BCUT2D eigenvalue weighted by Gasteiger charge is 2.23. The Labute approximate surface area is 107 Å². The average molecular weight is 270 g/mol. The molecular weight excluding hydrogens is 259 g/mol. The van der Waals surface area contributed by atoms with Gasteiger partial charge in [0.2, 0.25) is 0 Å². The SMILES string of the molecule is O=C(O)C[C@H](NC(=O)Nc1ccccc1F)C(=O)O. The summed E-state index contributed by atoms with van der Waals surface area (Å²) < 4.78 is 13.2. The van der Waals surface area contributed by atoms with E-state index in [1.165, 1.54) is 18.2 Å². The van der Waals surface area contributed by atoms with Crippen molar-refractivity contribution in [2.45, 2.75) is 12.5 Å². The third-order valence-electron chi connectivity index (χ3n) is 2.10. The van der Waals surface area contributed by atoms with Crippen LogP contribution < -0.4 is 10.6 Å². The van der Waals surface area contributed by atoms with Crippen molar-refractivity contribution in [3.05, 3.63) is 30.1 Å². The van der Waals surface area contributed by atoms with E-state index in [9.17, 15) is 18.8 Å². The van der Waals surface area contributed by atoms with Crippen LogP contribution in [0.25, 0.3) is 0 Å². The molecule has 0 saturated heterocycles. The van der Waals surface area contributed by atoms with E-state index in [0.717, 1.165) is 6.07 Å². The van der Waals surface area contributed by atoms with Crippen LogP contribution in [-0.2, 0) is 9.59 Å². The monoisotopic (exact) mass is 270 g/mol. The fourth-order valence-corrected chi connectivity index (χ4v) is 1.25. The van der Waals surface area contributed by atoms with E-state index in [2.05, 4.69) is 5.32 Å². The minimum Gasteiger partial charge on any atom is -0.481 e. The molecule has 0 unspecified atom stereocenters. The molecule has 0 radical (unpaired) electrons. The summed E-state index contributed by atoms with van der Waals surface area (Å²) in [5.74, 6) is -3.56. The number of urea groups is 1. The summed E-state index contributed by atoms with van der Waals surface area (Å²) in [6.07, 6.45) is -0.778. The van der Waals surface area contributed by atoms with Gasteiger partial charge in [-0.2, -0.15) is 0 Å². The predicted octanol–water partition coefficient (Wildman–Crippen LogP) is 0.875. The maximum absolute atomic E-state index is 13.2. The number of halogens is 1. The largest absolute Gasteiger partial charge is 0.481 e. The number of carboxylic acid groups (broad SMARTS) is 2. The van der Waals surface area contributed by atoms with Gasteiger partial charge in [0, 0.05) is 0 Å². The van der Waals surface area contributed by atoms with E-state index < -0.39 is 36.2 Å². The molecule has 7 nitrogen and oxygen atoms in total. The van der Waals surface area contributed by atoms with E-state index in [1.807, 2.05) is 5.32 Å². The molecule has 0 aromatic heterocycles. The van der Waals surface area contributed by atoms with Gasteiger partial charge in [0.05, 0.1) is 12.1 Å². The van der Waals surface area contributed by atoms with Crippen LogP contribution in [-0.4, -0.2) is 34.2 Å². The van der Waals surface area contributed by atoms with Crippen molar-refractivity contribution in [1.29, 1.82) is 0 Å². The van der Waals surface area contributed by atoms with Crippen molar-refractivity contribution >= 4 is 23.7 Å². The van der Waals surface area contributed by atoms with E-state index in [0.29, 0.717) is 0 Å². The van der Waals surface area contributed by atoms with Crippen LogP contribution in [0.1, 0.15) is 6.42 Å². The number of benzene rings is 1. The molecule has 0 heterocycles. The van der Waals surface area contributed by atoms with Gasteiger partial charge in [0.15, 0.2) is 0 Å². The van der Waals surface area contributed by atoms with Crippen LogP contribution in [0.15, 0.2) is 24.3 Å². The Morgan fingerprint density at radius 1 is 1.21 bits per heavy atom. The summed E-state index contributed by atoms with van der Waals surface area (Å²) in [6.45, 7) is 0. The highest BCUT2D eigenvalue weighted by molar-refractivity contribution is 5.93. The Morgan fingerprint density at radius 3 is 2.37 bits per heavy atom. The zero-order valence-corrected chi connectivity index (χ0v) is 9.59. The Balaban J connectivity index is 2.65. The van der Waals surface area contributed by atoms with Crippen molar-refractivity contribution in [2.24, 2.45) is 0 Å². The first-order chi connectivity index (χ1) is 8.90. The number of carboxylic acids is 2. The van der Waals surface area contributed by atoms with E-state index in [-0.39, 0.29) is 5.69 Å². The van der Waals surface area contributed by atoms with Crippen molar-refractivity contribution in [2.75, 3.05) is 5.32 Å². The number of nitrogens with one attached hydrogen (secondary N) is 2. The zero-order chi connectivity index (χ0) is 14.4. The molecule has 19 heavy (non-hydrogen) atoms. The number of para-hydroxylation sites is 1. The lowest BCUT2D eigenvalue weighted by Gasteiger charge is -2.13. The van der Waals surface area contributed by atoms with Crippen molar-refractivity contribution < 1.29 is 29.0 Å². The molecule has 1 rings (SSSR count). The molecule has 1 aromatic rings. The van der Waals surface area contributed by atoms with Crippen LogP contribution in [0.4, 0.5) is 14.9 Å². The summed E-state index contributed by atoms with van der Waals surface area (Å²) in [6, 6.07) is 2.69. The van der Waals surface area contributed by atoms with Gasteiger partial charge in [0.25, 0.3) is 0 Å². The number of aliphatic carboxylic acids is 2. The first-order valence-corrected chi connectivity index (χ1v) is 5.17. The Kier molecular flexibility index (Phi) is 4.81. The van der Waals surface area contributed by atoms with Gasteiger partial charge < -0.3 is 20.8 Å². The standard InChI is InChI=1S/C11H11FN2O5/c12-6-3-1-2-4-7(6)13-11(19)14-8(10(17)18)5-9(15)16/h1-4,8H,5H2,(H,15,16)(H,17,18)(H2,13,14,19)/t8-/m0/s1. The highest BCUT2D eigenvalue weighted by atomic mass is 19.1. The molecule has 1 aromatic carbocycles. The molecule has 0 saturated carbocycles. The number of carbonyl (C=O) groups excluding carboxylic acids is 1. The van der Waals surface area contributed by atoms with Crippen LogP contribution in [0.2, 0.25) is 0 Å². The molecule has 0 aliphatic heterocycles. The van der Waals surface area contributed by atoms with E-state index in [1.54, 1.807) is 0 Å². The smallest absolute Gasteiger partial charge is 0.326 e. The Morgan fingerprint density at radius 2 is 1.84 bits per heavy atom. The number of carbonyl (C=O) groups is 3. The third-order valence-corrected chi connectivity index (χ3v) is 2.10. The molecule has 0 fully saturated rings. The molecule has 0 aliphatic carbocycles. The lowest BCUT2D eigenvalue weighted by Crippen LogP contribution is -2.44. The van der Waals surface area contributed by atoms with Crippen molar-refractivity contribution in [1.82, 2.24) is 5.32 Å². The molecule has 0 bridgehead atoms. The maximum Gasteiger partial charge on any atom is 0.326 e. The molecular formula is C11H11FN2O5. The summed E-state index contributed by atoms with van der Waals surface area (Å²) in [4.78, 5) is 32.5. The molecule has 0 aliphatic rings. The van der Waals surface area contributed by atoms with Gasteiger partial charge in [-0.25, -0.2) is 14.0 Å². The van der Waals surface area contributed by atoms with Gasteiger partial charge in [-0.05, 0) is 12.1 Å². The zero-order valence-electron chi connectivity index (χ0n) is 9.59. The van der Waals surface area contributed by atoms with Crippen LogP contribution in [0.3, 0.4) is 0 Å².